The first-order valence-electron chi connectivity index (χ1n) is 5.34. The Morgan fingerprint density at radius 2 is 1.58 bits per heavy atom. The first kappa shape index (κ1) is 12.0. The van der Waals surface area contributed by atoms with Crippen LogP contribution in [0.3, 0.4) is 0 Å². The lowest BCUT2D eigenvalue weighted by atomic mass is 10.1. The molecule has 0 aromatic heterocycles. The van der Waals surface area contributed by atoms with Crippen molar-refractivity contribution in [3.8, 4) is 0 Å². The van der Waals surface area contributed by atoms with Crippen LogP contribution in [0.1, 0.15) is 58.3 Å². The topological polar surface area (TPSA) is 20.2 Å². The summed E-state index contributed by atoms with van der Waals surface area (Å²) in [6.07, 6.45) is 12.4. The summed E-state index contributed by atoms with van der Waals surface area (Å²) in [4.78, 5) is 0. The van der Waals surface area contributed by atoms with Crippen molar-refractivity contribution in [2.24, 2.45) is 0 Å². The molecular formula is C11H23O. The van der Waals surface area contributed by atoms with Gasteiger partial charge in [-0.1, -0.05) is 51.9 Å². The number of rotatable bonds is 9. The van der Waals surface area contributed by atoms with Crippen LogP contribution in [-0.4, -0.2) is 11.7 Å². The van der Waals surface area contributed by atoms with E-state index < -0.39 is 0 Å². The van der Waals surface area contributed by atoms with Crippen molar-refractivity contribution >= 4 is 0 Å². The fourth-order valence-corrected chi connectivity index (χ4v) is 1.28. The fourth-order valence-electron chi connectivity index (χ4n) is 1.28. The Hall–Kier alpha value is -0.0400. The standard InChI is InChI=1S/C11H23O/c1-2-3-4-5-6-7-8-9-10-11-12/h4,12H,2-3,5-11H2,1H3. The molecule has 0 aliphatic heterocycles. The maximum absolute atomic E-state index is 8.53. The fraction of sp³-hybridized carbons (Fsp3) is 0.909. The van der Waals surface area contributed by atoms with E-state index in [4.69, 9.17) is 5.11 Å². The Morgan fingerprint density at radius 3 is 2.25 bits per heavy atom. The zero-order chi connectivity index (χ0) is 9.07. The highest BCUT2D eigenvalue weighted by molar-refractivity contribution is 4.62. The second kappa shape index (κ2) is 11.0. The summed E-state index contributed by atoms with van der Waals surface area (Å²) in [5.41, 5.74) is 0. The minimum Gasteiger partial charge on any atom is -0.396 e. The van der Waals surface area contributed by atoms with Crippen molar-refractivity contribution in [3.63, 3.8) is 0 Å². The number of aliphatic hydroxyl groups excluding tert-OH is 1. The molecule has 0 aliphatic carbocycles. The molecule has 0 unspecified atom stereocenters. The molecule has 0 rings (SSSR count). The molecule has 0 bridgehead atoms. The minimum atomic E-state index is 0.363. The van der Waals surface area contributed by atoms with Gasteiger partial charge < -0.3 is 5.11 Å². The van der Waals surface area contributed by atoms with Crippen molar-refractivity contribution in [3.05, 3.63) is 6.42 Å². The average Bonchev–Trinajstić information content (AvgIpc) is 2.10. The van der Waals surface area contributed by atoms with Crippen LogP contribution in [0.2, 0.25) is 0 Å². The van der Waals surface area contributed by atoms with Crippen LogP contribution >= 0.6 is 0 Å². The van der Waals surface area contributed by atoms with Crippen molar-refractivity contribution < 1.29 is 5.11 Å². The Balaban J connectivity index is 2.73. The third-order valence-electron chi connectivity index (χ3n) is 2.06. The summed E-state index contributed by atoms with van der Waals surface area (Å²) in [7, 11) is 0. The molecule has 73 valence electrons. The first-order valence-corrected chi connectivity index (χ1v) is 5.34. The van der Waals surface area contributed by atoms with Crippen LogP contribution in [0.25, 0.3) is 0 Å². The van der Waals surface area contributed by atoms with E-state index in [0.29, 0.717) is 6.61 Å². The SMILES string of the molecule is CCC[CH]CCCCCCCO. The molecule has 1 N–H and O–H groups in total. The lowest BCUT2D eigenvalue weighted by Gasteiger charge is -1.99. The molecule has 12 heavy (non-hydrogen) atoms. The molecule has 0 fully saturated rings. The van der Waals surface area contributed by atoms with Gasteiger partial charge >= 0.3 is 0 Å². The van der Waals surface area contributed by atoms with E-state index in [2.05, 4.69) is 13.3 Å². The summed E-state index contributed by atoms with van der Waals surface area (Å²) >= 11 is 0. The normalized spacial score (nSPS) is 10.5. The number of unbranched alkanes of at least 4 members (excludes halogenated alkanes) is 8. The van der Waals surface area contributed by atoms with E-state index in [1.165, 1.54) is 44.9 Å². The summed E-state index contributed by atoms with van der Waals surface area (Å²) in [5, 5.41) is 8.53. The zero-order valence-electron chi connectivity index (χ0n) is 8.39. The van der Waals surface area contributed by atoms with Gasteiger partial charge in [-0.3, -0.25) is 0 Å². The molecule has 0 atom stereocenters. The van der Waals surface area contributed by atoms with E-state index in [9.17, 15) is 0 Å². The van der Waals surface area contributed by atoms with Crippen molar-refractivity contribution in [1.82, 2.24) is 0 Å². The van der Waals surface area contributed by atoms with Gasteiger partial charge in [-0.2, -0.15) is 0 Å². The van der Waals surface area contributed by atoms with Gasteiger partial charge in [0.15, 0.2) is 0 Å². The lowest BCUT2D eigenvalue weighted by molar-refractivity contribution is 0.282. The van der Waals surface area contributed by atoms with Crippen LogP contribution in [0.4, 0.5) is 0 Å². The highest BCUT2D eigenvalue weighted by Gasteiger charge is 1.90. The van der Waals surface area contributed by atoms with E-state index >= 15 is 0 Å². The smallest absolute Gasteiger partial charge is 0.0431 e. The molecule has 0 aromatic rings. The van der Waals surface area contributed by atoms with Gasteiger partial charge in [0.2, 0.25) is 0 Å². The number of aliphatic hydroxyl groups is 1. The van der Waals surface area contributed by atoms with Crippen LogP contribution in [0.5, 0.6) is 0 Å². The molecule has 0 aliphatic rings. The second-order valence-electron chi connectivity index (χ2n) is 3.36. The molecule has 0 spiro atoms. The maximum Gasteiger partial charge on any atom is 0.0431 e. The molecule has 0 amide bonds. The number of hydrogen-bond acceptors (Lipinski definition) is 1. The van der Waals surface area contributed by atoms with Gasteiger partial charge in [0.05, 0.1) is 0 Å². The Bertz CT molecular complexity index is 61.4. The third-order valence-corrected chi connectivity index (χ3v) is 2.06. The summed E-state index contributed by atoms with van der Waals surface area (Å²) in [6, 6.07) is 0. The quantitative estimate of drug-likeness (QED) is 0.528. The monoisotopic (exact) mass is 171 g/mol. The summed E-state index contributed by atoms with van der Waals surface area (Å²) < 4.78 is 0. The Kier molecular flexibility index (Phi) is 10.9. The summed E-state index contributed by atoms with van der Waals surface area (Å²) in [5.74, 6) is 0. The second-order valence-corrected chi connectivity index (χ2v) is 3.36. The molecule has 0 heterocycles. The van der Waals surface area contributed by atoms with Crippen LogP contribution in [0.15, 0.2) is 0 Å². The summed E-state index contributed by atoms with van der Waals surface area (Å²) in [6.45, 7) is 2.58. The third kappa shape index (κ3) is 9.96. The van der Waals surface area contributed by atoms with Crippen molar-refractivity contribution in [1.29, 1.82) is 0 Å². The van der Waals surface area contributed by atoms with Gasteiger partial charge in [-0.05, 0) is 12.8 Å². The first-order chi connectivity index (χ1) is 5.91. The predicted molar refractivity (Wildman–Crippen MR) is 54.0 cm³/mol. The van der Waals surface area contributed by atoms with E-state index in [1.54, 1.807) is 0 Å². The zero-order valence-corrected chi connectivity index (χ0v) is 8.39. The molecule has 0 aromatic carbocycles. The van der Waals surface area contributed by atoms with E-state index in [-0.39, 0.29) is 0 Å². The molecule has 1 radical (unpaired) electrons. The molecule has 0 saturated carbocycles. The minimum absolute atomic E-state index is 0.363. The largest absolute Gasteiger partial charge is 0.396 e. The van der Waals surface area contributed by atoms with Gasteiger partial charge in [-0.25, -0.2) is 0 Å². The molecule has 1 heteroatoms. The molecular weight excluding hydrogens is 148 g/mol. The Labute approximate surface area is 77.2 Å². The molecule has 1 nitrogen and oxygen atoms in total. The highest BCUT2D eigenvalue weighted by Crippen LogP contribution is 2.08. The van der Waals surface area contributed by atoms with Gasteiger partial charge in [0, 0.05) is 6.61 Å². The van der Waals surface area contributed by atoms with E-state index in [1.807, 2.05) is 0 Å². The molecule has 0 saturated heterocycles. The van der Waals surface area contributed by atoms with Gasteiger partial charge in [0.25, 0.3) is 0 Å². The van der Waals surface area contributed by atoms with Gasteiger partial charge in [0.1, 0.15) is 0 Å². The maximum atomic E-state index is 8.53. The highest BCUT2D eigenvalue weighted by atomic mass is 16.2. The van der Waals surface area contributed by atoms with Crippen LogP contribution < -0.4 is 0 Å². The predicted octanol–water partition coefficient (Wildman–Crippen LogP) is 3.32. The Morgan fingerprint density at radius 1 is 0.917 bits per heavy atom. The average molecular weight is 171 g/mol. The van der Waals surface area contributed by atoms with Crippen molar-refractivity contribution in [2.75, 3.05) is 6.61 Å². The lowest BCUT2D eigenvalue weighted by Crippen LogP contribution is -1.84. The van der Waals surface area contributed by atoms with Crippen LogP contribution in [-0.2, 0) is 0 Å². The van der Waals surface area contributed by atoms with Crippen molar-refractivity contribution in [2.45, 2.75) is 58.3 Å². The van der Waals surface area contributed by atoms with Gasteiger partial charge in [-0.15, -0.1) is 0 Å². The van der Waals surface area contributed by atoms with Crippen LogP contribution in [0, 0.1) is 6.42 Å². The van der Waals surface area contributed by atoms with E-state index in [0.717, 1.165) is 6.42 Å². The number of hydrogen-bond donors (Lipinski definition) is 1.